The Kier molecular flexibility index (Phi) is 3.28. The van der Waals surface area contributed by atoms with E-state index in [1.165, 1.54) is 12.3 Å². The van der Waals surface area contributed by atoms with Gasteiger partial charge in [0.1, 0.15) is 5.56 Å². The number of nitrogens with zero attached hydrogens (tertiary/aromatic N) is 1. The molecular weight excluding hydrogens is 218 g/mol. The zero-order valence-corrected chi connectivity index (χ0v) is 9.90. The normalized spacial score (nSPS) is 20.4. The highest BCUT2D eigenvalue weighted by Gasteiger charge is 2.23. The molecule has 0 spiro atoms. The van der Waals surface area contributed by atoms with Crippen molar-refractivity contribution in [1.29, 1.82) is 0 Å². The number of H-pyrrole nitrogens is 1. The molecule has 1 aromatic heterocycles. The number of hydrogen-bond donors (Lipinski definition) is 2. The van der Waals surface area contributed by atoms with Crippen LogP contribution in [0.2, 0.25) is 0 Å². The van der Waals surface area contributed by atoms with Gasteiger partial charge in [-0.1, -0.05) is 0 Å². The lowest BCUT2D eigenvalue weighted by Gasteiger charge is -2.30. The number of nitrogens with one attached hydrogen (secondary N) is 1. The van der Waals surface area contributed by atoms with Gasteiger partial charge in [-0.2, -0.15) is 0 Å². The monoisotopic (exact) mass is 235 g/mol. The molecule has 0 unspecified atom stereocenters. The minimum atomic E-state index is -0.231. The van der Waals surface area contributed by atoms with Gasteiger partial charge in [-0.25, -0.2) is 0 Å². The average molecular weight is 235 g/mol. The van der Waals surface area contributed by atoms with Gasteiger partial charge in [0.25, 0.3) is 5.91 Å². The van der Waals surface area contributed by atoms with E-state index in [1.54, 1.807) is 11.8 Å². The van der Waals surface area contributed by atoms with E-state index in [0.717, 1.165) is 18.5 Å². The maximum absolute atomic E-state index is 12.1. The van der Waals surface area contributed by atoms with Crippen molar-refractivity contribution in [2.24, 2.45) is 5.73 Å². The van der Waals surface area contributed by atoms with Crippen LogP contribution in [0.4, 0.5) is 0 Å². The van der Waals surface area contributed by atoms with Crippen molar-refractivity contribution in [1.82, 2.24) is 9.88 Å². The minimum absolute atomic E-state index is 0.0252. The molecule has 5 heteroatoms. The van der Waals surface area contributed by atoms with Crippen LogP contribution in [0.5, 0.6) is 0 Å². The second kappa shape index (κ2) is 4.71. The largest absolute Gasteiger partial charge is 0.364 e. The lowest BCUT2D eigenvalue weighted by Crippen LogP contribution is -2.46. The molecule has 1 atom stereocenters. The summed E-state index contributed by atoms with van der Waals surface area (Å²) in [6.07, 6.45) is 3.32. The molecule has 1 aromatic rings. The minimum Gasteiger partial charge on any atom is -0.364 e. The van der Waals surface area contributed by atoms with Crippen LogP contribution >= 0.6 is 0 Å². The summed E-state index contributed by atoms with van der Waals surface area (Å²) in [6.45, 7) is 3.00. The van der Waals surface area contributed by atoms with E-state index in [9.17, 15) is 9.59 Å². The number of carbonyl (C=O) groups is 1. The van der Waals surface area contributed by atoms with Gasteiger partial charge >= 0.3 is 0 Å². The molecule has 17 heavy (non-hydrogen) atoms. The molecule has 1 aliphatic rings. The van der Waals surface area contributed by atoms with Crippen molar-refractivity contribution >= 4 is 5.91 Å². The molecule has 1 saturated heterocycles. The molecule has 0 aromatic carbocycles. The molecule has 1 amide bonds. The molecular formula is C12H17N3O2. The molecule has 0 bridgehead atoms. The summed E-state index contributed by atoms with van der Waals surface area (Å²) in [4.78, 5) is 28.4. The number of aryl methyl sites for hydroxylation is 1. The van der Waals surface area contributed by atoms with Crippen molar-refractivity contribution in [3.8, 4) is 0 Å². The Morgan fingerprint density at radius 3 is 3.00 bits per heavy atom. The summed E-state index contributed by atoms with van der Waals surface area (Å²) in [5.41, 5.74) is 6.54. The van der Waals surface area contributed by atoms with Crippen LogP contribution in [0.15, 0.2) is 17.1 Å². The van der Waals surface area contributed by atoms with E-state index in [2.05, 4.69) is 4.98 Å². The molecule has 0 aliphatic carbocycles. The van der Waals surface area contributed by atoms with E-state index in [0.29, 0.717) is 13.1 Å². The molecule has 0 radical (unpaired) electrons. The van der Waals surface area contributed by atoms with Crippen molar-refractivity contribution in [2.45, 2.75) is 25.8 Å². The van der Waals surface area contributed by atoms with E-state index in [1.807, 2.05) is 0 Å². The molecule has 5 nitrogen and oxygen atoms in total. The van der Waals surface area contributed by atoms with E-state index < -0.39 is 0 Å². The fourth-order valence-electron chi connectivity index (χ4n) is 2.11. The smallest absolute Gasteiger partial charge is 0.259 e. The van der Waals surface area contributed by atoms with Gasteiger partial charge in [-0.15, -0.1) is 0 Å². The first-order valence-electron chi connectivity index (χ1n) is 5.82. The summed E-state index contributed by atoms with van der Waals surface area (Å²) in [6, 6.07) is 1.47. The van der Waals surface area contributed by atoms with Crippen LogP contribution in [0.25, 0.3) is 0 Å². The fourth-order valence-corrected chi connectivity index (χ4v) is 2.11. The predicted octanol–water partition coefficient (Wildman–Crippen LogP) is 0.247. The van der Waals surface area contributed by atoms with Gasteiger partial charge < -0.3 is 15.6 Å². The number of carbonyl (C=O) groups excluding carboxylic acids is 1. The number of piperidine rings is 1. The molecule has 0 saturated carbocycles. The van der Waals surface area contributed by atoms with Crippen molar-refractivity contribution in [3.05, 3.63) is 33.7 Å². The van der Waals surface area contributed by atoms with E-state index in [-0.39, 0.29) is 22.9 Å². The van der Waals surface area contributed by atoms with Gasteiger partial charge in [-0.05, 0) is 19.8 Å². The van der Waals surface area contributed by atoms with E-state index >= 15 is 0 Å². The lowest BCUT2D eigenvalue weighted by atomic mass is 10.1. The molecule has 92 valence electrons. The third-order valence-electron chi connectivity index (χ3n) is 3.03. The van der Waals surface area contributed by atoms with Crippen LogP contribution in [0, 0.1) is 6.92 Å². The van der Waals surface area contributed by atoms with Crippen LogP contribution in [0.3, 0.4) is 0 Å². The first-order chi connectivity index (χ1) is 8.08. The van der Waals surface area contributed by atoms with Gasteiger partial charge in [0.2, 0.25) is 0 Å². The summed E-state index contributed by atoms with van der Waals surface area (Å²) in [5, 5.41) is 0. The number of aromatic amines is 1. The Morgan fingerprint density at radius 1 is 1.59 bits per heavy atom. The second-order valence-corrected chi connectivity index (χ2v) is 4.55. The third kappa shape index (κ3) is 2.55. The lowest BCUT2D eigenvalue weighted by molar-refractivity contribution is 0.0707. The molecule has 2 rings (SSSR count). The highest BCUT2D eigenvalue weighted by Crippen LogP contribution is 2.10. The highest BCUT2D eigenvalue weighted by atomic mass is 16.2. The Labute approximate surface area is 99.6 Å². The molecule has 3 N–H and O–H groups in total. The summed E-state index contributed by atoms with van der Waals surface area (Å²) in [7, 11) is 0. The quantitative estimate of drug-likeness (QED) is 0.732. The van der Waals surface area contributed by atoms with Crippen LogP contribution in [-0.2, 0) is 0 Å². The number of pyridine rings is 1. The number of hydrogen-bond acceptors (Lipinski definition) is 3. The first kappa shape index (κ1) is 11.9. The molecule has 1 aliphatic heterocycles. The Balaban J connectivity index is 2.22. The van der Waals surface area contributed by atoms with Gasteiger partial charge in [0.15, 0.2) is 5.43 Å². The molecule has 2 heterocycles. The Hall–Kier alpha value is -1.62. The summed E-state index contributed by atoms with van der Waals surface area (Å²) in [5.74, 6) is -0.221. The van der Waals surface area contributed by atoms with Crippen molar-refractivity contribution < 1.29 is 4.79 Å². The topological polar surface area (TPSA) is 79.2 Å². The fraction of sp³-hybridized carbons (Fsp3) is 0.500. The number of rotatable bonds is 1. The van der Waals surface area contributed by atoms with Crippen molar-refractivity contribution in [3.63, 3.8) is 0 Å². The summed E-state index contributed by atoms with van der Waals surface area (Å²) >= 11 is 0. The SMILES string of the molecule is Cc1cc(=O)c(C(=O)N2CCC[C@@H](N)C2)c[nH]1. The maximum Gasteiger partial charge on any atom is 0.259 e. The van der Waals surface area contributed by atoms with Gasteiger partial charge in [0, 0.05) is 37.1 Å². The Morgan fingerprint density at radius 2 is 2.35 bits per heavy atom. The number of aromatic nitrogens is 1. The van der Waals surface area contributed by atoms with Gasteiger partial charge in [0.05, 0.1) is 0 Å². The first-order valence-corrected chi connectivity index (χ1v) is 5.82. The number of likely N-dealkylation sites (tertiary alicyclic amines) is 1. The third-order valence-corrected chi connectivity index (χ3v) is 3.03. The average Bonchev–Trinajstić information content (AvgIpc) is 2.28. The highest BCUT2D eigenvalue weighted by molar-refractivity contribution is 5.93. The van der Waals surface area contributed by atoms with Crippen LogP contribution < -0.4 is 11.2 Å². The predicted molar refractivity (Wildman–Crippen MR) is 64.9 cm³/mol. The van der Waals surface area contributed by atoms with Gasteiger partial charge in [-0.3, -0.25) is 9.59 Å². The standard InChI is InChI=1S/C12H17N3O2/c1-8-5-11(16)10(6-14-8)12(17)15-4-2-3-9(13)7-15/h5-6,9H,2-4,7,13H2,1H3,(H,14,16)/t9-/m1/s1. The van der Waals surface area contributed by atoms with Crippen molar-refractivity contribution in [2.75, 3.05) is 13.1 Å². The van der Waals surface area contributed by atoms with Crippen LogP contribution in [0.1, 0.15) is 28.9 Å². The van der Waals surface area contributed by atoms with Crippen LogP contribution in [-0.4, -0.2) is 34.9 Å². The maximum atomic E-state index is 12.1. The van der Waals surface area contributed by atoms with E-state index in [4.69, 9.17) is 5.73 Å². The second-order valence-electron chi connectivity index (χ2n) is 4.55. The molecule has 1 fully saturated rings. The number of amides is 1. The zero-order chi connectivity index (χ0) is 12.4. The summed E-state index contributed by atoms with van der Waals surface area (Å²) < 4.78 is 0. The number of nitrogens with two attached hydrogens (primary N) is 1. The Bertz CT molecular complexity index is 481. The zero-order valence-electron chi connectivity index (χ0n) is 9.90.